The lowest BCUT2D eigenvalue weighted by Gasteiger charge is -2.33. The number of nitrogens with one attached hydrogen (secondary N) is 1. The van der Waals surface area contributed by atoms with E-state index in [-0.39, 0.29) is 30.7 Å². The van der Waals surface area contributed by atoms with Crippen molar-refractivity contribution in [2.45, 2.75) is 31.7 Å². The second kappa shape index (κ2) is 11.7. The minimum Gasteiger partial charge on any atom is -0.491 e. The molecule has 2 fully saturated rings. The van der Waals surface area contributed by atoms with Gasteiger partial charge in [-0.2, -0.15) is 0 Å². The monoisotopic (exact) mass is 417 g/mol. The Labute approximate surface area is 175 Å². The third kappa shape index (κ3) is 7.49. The van der Waals surface area contributed by atoms with Crippen LogP contribution in [0.5, 0.6) is 5.75 Å². The summed E-state index contributed by atoms with van der Waals surface area (Å²) in [5.41, 5.74) is 0.686. The number of amides is 1. The van der Waals surface area contributed by atoms with E-state index in [9.17, 15) is 4.79 Å². The van der Waals surface area contributed by atoms with Gasteiger partial charge < -0.3 is 19.9 Å². The molecule has 1 aromatic rings. The number of likely N-dealkylation sites (tertiary alicyclic amines) is 1. The van der Waals surface area contributed by atoms with E-state index >= 15 is 0 Å². The Balaban J connectivity index is 0.00000182. The molecule has 0 radical (unpaired) electrons. The molecule has 5 nitrogen and oxygen atoms in total. The van der Waals surface area contributed by atoms with Gasteiger partial charge in [-0.05, 0) is 64.4 Å². The number of likely N-dealkylation sites (N-methyl/N-ethyl adjacent to an activating group) is 1. The number of hydrogen-bond acceptors (Lipinski definition) is 4. The quantitative estimate of drug-likeness (QED) is 0.705. The highest BCUT2D eigenvalue weighted by Gasteiger charge is 2.27. The third-order valence-electron chi connectivity index (χ3n) is 5.09. The molecule has 7 heteroatoms. The molecule has 1 heterocycles. The Bertz CT molecular complexity index is 574. The molecule has 3 rings (SSSR count). The Morgan fingerprint density at radius 2 is 1.81 bits per heavy atom. The minimum absolute atomic E-state index is 0. The highest BCUT2D eigenvalue weighted by Crippen LogP contribution is 2.28. The SMILES string of the molecule is CN(C)CCOc1ccccc1C(=O)N1CCC(NCC2CC2)CC1.Cl.Cl. The summed E-state index contributed by atoms with van der Waals surface area (Å²) in [5.74, 6) is 1.70. The molecule has 1 aliphatic heterocycles. The van der Waals surface area contributed by atoms with Gasteiger partial charge in [-0.3, -0.25) is 4.79 Å². The predicted molar refractivity (Wildman–Crippen MR) is 115 cm³/mol. The van der Waals surface area contributed by atoms with E-state index in [0.717, 1.165) is 44.9 Å². The zero-order chi connectivity index (χ0) is 17.6. The van der Waals surface area contributed by atoms with Crippen LogP contribution in [0.1, 0.15) is 36.0 Å². The lowest BCUT2D eigenvalue weighted by atomic mass is 10.0. The van der Waals surface area contributed by atoms with E-state index in [2.05, 4.69) is 10.2 Å². The number of hydrogen-bond donors (Lipinski definition) is 1. The van der Waals surface area contributed by atoms with Gasteiger partial charge in [0.25, 0.3) is 5.91 Å². The molecule has 1 saturated heterocycles. The van der Waals surface area contributed by atoms with Crippen LogP contribution in [0.4, 0.5) is 0 Å². The Morgan fingerprint density at radius 1 is 1.15 bits per heavy atom. The van der Waals surface area contributed by atoms with Gasteiger partial charge in [-0.25, -0.2) is 0 Å². The minimum atomic E-state index is 0. The van der Waals surface area contributed by atoms with Crippen LogP contribution in [0.15, 0.2) is 24.3 Å². The topological polar surface area (TPSA) is 44.8 Å². The molecule has 1 aliphatic carbocycles. The van der Waals surface area contributed by atoms with Crippen LogP contribution in [0.3, 0.4) is 0 Å². The average molecular weight is 418 g/mol. The van der Waals surface area contributed by atoms with Crippen molar-refractivity contribution in [1.29, 1.82) is 0 Å². The van der Waals surface area contributed by atoms with Gasteiger partial charge in [0.1, 0.15) is 12.4 Å². The van der Waals surface area contributed by atoms with Crippen LogP contribution in [0.25, 0.3) is 0 Å². The molecule has 0 unspecified atom stereocenters. The first kappa shape index (κ1) is 24.0. The summed E-state index contributed by atoms with van der Waals surface area (Å²) < 4.78 is 5.85. The third-order valence-corrected chi connectivity index (χ3v) is 5.09. The second-order valence-corrected chi connectivity index (χ2v) is 7.57. The standard InChI is InChI=1S/C20H31N3O2.2ClH/c1-22(2)13-14-25-19-6-4-3-5-18(19)20(24)23-11-9-17(10-12-23)21-15-16-7-8-16;;/h3-6,16-17,21H,7-15H2,1-2H3;2*1H. The molecule has 0 spiro atoms. The van der Waals surface area contributed by atoms with Crippen LogP contribution in [-0.4, -0.2) is 68.6 Å². The number of carbonyl (C=O) groups is 1. The number of rotatable bonds is 8. The maximum atomic E-state index is 12.9. The first-order valence-corrected chi connectivity index (χ1v) is 9.52. The first-order chi connectivity index (χ1) is 12.1. The number of carbonyl (C=O) groups excluding carboxylic acids is 1. The van der Waals surface area contributed by atoms with E-state index in [1.807, 2.05) is 43.3 Å². The molecule has 0 bridgehead atoms. The summed E-state index contributed by atoms with van der Waals surface area (Å²) in [6.07, 6.45) is 4.86. The first-order valence-electron chi connectivity index (χ1n) is 9.52. The van der Waals surface area contributed by atoms with Gasteiger partial charge >= 0.3 is 0 Å². The van der Waals surface area contributed by atoms with E-state index in [1.54, 1.807) is 0 Å². The van der Waals surface area contributed by atoms with Crippen LogP contribution < -0.4 is 10.1 Å². The number of halogens is 2. The molecule has 1 amide bonds. The van der Waals surface area contributed by atoms with Crippen LogP contribution in [0, 0.1) is 5.92 Å². The summed E-state index contributed by atoms with van der Waals surface area (Å²) in [6.45, 7) is 4.23. The van der Waals surface area contributed by atoms with Gasteiger partial charge in [0, 0.05) is 25.7 Å². The molecule has 1 N–H and O–H groups in total. The van der Waals surface area contributed by atoms with Gasteiger partial charge in [-0.1, -0.05) is 12.1 Å². The van der Waals surface area contributed by atoms with Crippen molar-refractivity contribution in [3.8, 4) is 5.75 Å². The van der Waals surface area contributed by atoms with Crippen LogP contribution >= 0.6 is 24.8 Å². The fourth-order valence-electron chi connectivity index (χ4n) is 3.22. The molecular formula is C20H33Cl2N3O2. The number of para-hydroxylation sites is 1. The van der Waals surface area contributed by atoms with E-state index in [1.165, 1.54) is 12.8 Å². The molecule has 154 valence electrons. The molecule has 27 heavy (non-hydrogen) atoms. The fourth-order valence-corrected chi connectivity index (χ4v) is 3.22. The van der Waals surface area contributed by atoms with Gasteiger partial charge in [-0.15, -0.1) is 24.8 Å². The Kier molecular flexibility index (Phi) is 10.5. The summed E-state index contributed by atoms with van der Waals surface area (Å²) >= 11 is 0. The highest BCUT2D eigenvalue weighted by atomic mass is 35.5. The van der Waals surface area contributed by atoms with Crippen molar-refractivity contribution >= 4 is 30.7 Å². The zero-order valence-corrected chi connectivity index (χ0v) is 18.0. The van der Waals surface area contributed by atoms with Crippen molar-refractivity contribution in [2.75, 3.05) is 46.9 Å². The second-order valence-electron chi connectivity index (χ2n) is 7.57. The van der Waals surface area contributed by atoms with Crippen LogP contribution in [0.2, 0.25) is 0 Å². The molecular weight excluding hydrogens is 385 g/mol. The Hall–Kier alpha value is -1.01. The lowest BCUT2D eigenvalue weighted by molar-refractivity contribution is 0.0700. The van der Waals surface area contributed by atoms with Crippen molar-refractivity contribution in [3.05, 3.63) is 29.8 Å². The lowest BCUT2D eigenvalue weighted by Crippen LogP contribution is -2.45. The smallest absolute Gasteiger partial charge is 0.257 e. The van der Waals surface area contributed by atoms with Crippen molar-refractivity contribution in [2.24, 2.45) is 5.92 Å². The number of ether oxygens (including phenoxy) is 1. The summed E-state index contributed by atoms with van der Waals surface area (Å²) in [4.78, 5) is 17.0. The summed E-state index contributed by atoms with van der Waals surface area (Å²) in [7, 11) is 4.03. The van der Waals surface area contributed by atoms with Crippen molar-refractivity contribution < 1.29 is 9.53 Å². The normalized spacial score (nSPS) is 17.2. The molecule has 0 aromatic heterocycles. The Morgan fingerprint density at radius 3 is 2.44 bits per heavy atom. The van der Waals surface area contributed by atoms with Gasteiger partial charge in [0.15, 0.2) is 0 Å². The maximum Gasteiger partial charge on any atom is 0.257 e. The molecule has 1 aromatic carbocycles. The predicted octanol–water partition coefficient (Wildman–Crippen LogP) is 3.07. The van der Waals surface area contributed by atoms with Crippen molar-refractivity contribution in [1.82, 2.24) is 15.1 Å². The number of nitrogens with zero attached hydrogens (tertiary/aromatic N) is 2. The average Bonchev–Trinajstić information content (AvgIpc) is 3.44. The molecule has 1 saturated carbocycles. The van der Waals surface area contributed by atoms with Crippen LogP contribution in [-0.2, 0) is 0 Å². The summed E-state index contributed by atoms with van der Waals surface area (Å²) in [5, 5.41) is 3.67. The van der Waals surface area contributed by atoms with Gasteiger partial charge in [0.05, 0.1) is 5.56 Å². The zero-order valence-electron chi connectivity index (χ0n) is 16.4. The van der Waals surface area contributed by atoms with E-state index < -0.39 is 0 Å². The molecule has 0 atom stereocenters. The van der Waals surface area contributed by atoms with Crippen molar-refractivity contribution in [3.63, 3.8) is 0 Å². The number of benzene rings is 1. The van der Waals surface area contributed by atoms with E-state index in [4.69, 9.17) is 4.74 Å². The maximum absolute atomic E-state index is 12.9. The molecule has 2 aliphatic rings. The fraction of sp³-hybridized carbons (Fsp3) is 0.650. The van der Waals surface area contributed by atoms with E-state index in [0.29, 0.717) is 24.0 Å². The number of piperidine rings is 1. The van der Waals surface area contributed by atoms with Gasteiger partial charge in [0.2, 0.25) is 0 Å². The largest absolute Gasteiger partial charge is 0.491 e. The summed E-state index contributed by atoms with van der Waals surface area (Å²) in [6, 6.07) is 8.18. The highest BCUT2D eigenvalue weighted by molar-refractivity contribution is 5.97.